The Morgan fingerprint density at radius 1 is 1.05 bits per heavy atom. The molecule has 0 aromatic heterocycles. The van der Waals surface area contributed by atoms with Crippen LogP contribution in [0, 0.1) is 0 Å². The van der Waals surface area contributed by atoms with Crippen LogP contribution < -0.4 is 18.9 Å². The van der Waals surface area contributed by atoms with Gasteiger partial charge in [0.2, 0.25) is 5.75 Å². The number of aliphatic hydroxyl groups is 1. The van der Waals surface area contributed by atoms with E-state index in [0.29, 0.717) is 28.6 Å². The van der Waals surface area contributed by atoms with E-state index in [2.05, 4.69) is 0 Å². The average molecular weight is 294 g/mol. The number of methoxy groups -OCH3 is 3. The lowest BCUT2D eigenvalue weighted by atomic mass is 9.96. The molecule has 5 nitrogen and oxygen atoms in total. The standard InChI is InChI=1S/C16H22O5/c1-9(17)11-12(18-4)10-7-8-16(2,3)21-13(10)15(20-6)14(11)19-5/h7-9,17H,1-6H3/t9-/m1/s1. The van der Waals surface area contributed by atoms with E-state index in [1.807, 2.05) is 26.0 Å². The normalized spacial score (nSPS) is 16.7. The molecule has 0 radical (unpaired) electrons. The summed E-state index contributed by atoms with van der Waals surface area (Å²) in [5.74, 6) is 1.98. The van der Waals surface area contributed by atoms with Crippen LogP contribution in [0.25, 0.3) is 6.08 Å². The Kier molecular flexibility index (Phi) is 4.05. The number of rotatable bonds is 4. The molecule has 0 fully saturated rings. The lowest BCUT2D eigenvalue weighted by Gasteiger charge is -2.32. The van der Waals surface area contributed by atoms with Gasteiger partial charge in [-0.15, -0.1) is 0 Å². The van der Waals surface area contributed by atoms with Gasteiger partial charge in [-0.05, 0) is 32.9 Å². The molecule has 2 rings (SSSR count). The summed E-state index contributed by atoms with van der Waals surface area (Å²) in [7, 11) is 4.63. The van der Waals surface area contributed by atoms with E-state index >= 15 is 0 Å². The highest BCUT2D eigenvalue weighted by atomic mass is 16.5. The Morgan fingerprint density at radius 3 is 2.10 bits per heavy atom. The van der Waals surface area contributed by atoms with Gasteiger partial charge in [-0.1, -0.05) is 0 Å². The smallest absolute Gasteiger partial charge is 0.204 e. The summed E-state index contributed by atoms with van der Waals surface area (Å²) >= 11 is 0. The number of benzene rings is 1. The van der Waals surface area contributed by atoms with Crippen molar-refractivity contribution in [3.8, 4) is 23.0 Å². The fraction of sp³-hybridized carbons (Fsp3) is 0.500. The van der Waals surface area contributed by atoms with E-state index in [1.54, 1.807) is 21.1 Å². The predicted octanol–water partition coefficient (Wildman–Crippen LogP) is 2.95. The third-order valence-electron chi connectivity index (χ3n) is 3.44. The summed E-state index contributed by atoms with van der Waals surface area (Å²) in [6.45, 7) is 5.56. The molecule has 0 spiro atoms. The molecular formula is C16H22O5. The van der Waals surface area contributed by atoms with Gasteiger partial charge in [0.1, 0.15) is 11.4 Å². The highest BCUT2D eigenvalue weighted by Crippen LogP contribution is 2.53. The summed E-state index contributed by atoms with van der Waals surface area (Å²) in [4.78, 5) is 0. The first-order chi connectivity index (χ1) is 9.86. The van der Waals surface area contributed by atoms with Crippen LogP contribution in [0.5, 0.6) is 23.0 Å². The van der Waals surface area contributed by atoms with Crippen molar-refractivity contribution in [2.24, 2.45) is 0 Å². The van der Waals surface area contributed by atoms with Gasteiger partial charge in [-0.25, -0.2) is 0 Å². The zero-order chi connectivity index (χ0) is 15.8. The van der Waals surface area contributed by atoms with E-state index in [1.165, 1.54) is 7.11 Å². The van der Waals surface area contributed by atoms with Gasteiger partial charge in [-0.2, -0.15) is 0 Å². The molecule has 116 valence electrons. The van der Waals surface area contributed by atoms with Crippen molar-refractivity contribution in [2.45, 2.75) is 32.5 Å². The molecule has 0 amide bonds. The van der Waals surface area contributed by atoms with Gasteiger partial charge < -0.3 is 24.1 Å². The second kappa shape index (κ2) is 5.48. The van der Waals surface area contributed by atoms with Gasteiger partial charge in [0, 0.05) is 0 Å². The molecule has 1 aromatic rings. The monoisotopic (exact) mass is 294 g/mol. The summed E-state index contributed by atoms with van der Waals surface area (Å²) < 4.78 is 22.4. The summed E-state index contributed by atoms with van der Waals surface area (Å²) in [5, 5.41) is 10.1. The van der Waals surface area contributed by atoms with Crippen molar-refractivity contribution in [2.75, 3.05) is 21.3 Å². The number of ether oxygens (including phenoxy) is 4. The van der Waals surface area contributed by atoms with E-state index in [9.17, 15) is 5.11 Å². The maximum absolute atomic E-state index is 10.1. The molecule has 0 unspecified atom stereocenters. The maximum Gasteiger partial charge on any atom is 0.204 e. The summed E-state index contributed by atoms with van der Waals surface area (Å²) in [6, 6.07) is 0. The Bertz CT molecular complexity index is 573. The fourth-order valence-corrected chi connectivity index (χ4v) is 2.52. The van der Waals surface area contributed by atoms with Gasteiger partial charge in [-0.3, -0.25) is 0 Å². The molecule has 1 aromatic carbocycles. The van der Waals surface area contributed by atoms with Crippen molar-refractivity contribution in [3.63, 3.8) is 0 Å². The highest BCUT2D eigenvalue weighted by molar-refractivity contribution is 5.77. The molecule has 1 heterocycles. The van der Waals surface area contributed by atoms with E-state index < -0.39 is 11.7 Å². The first kappa shape index (κ1) is 15.5. The molecule has 1 aliphatic rings. The van der Waals surface area contributed by atoms with Crippen molar-refractivity contribution < 1.29 is 24.1 Å². The number of aliphatic hydroxyl groups excluding tert-OH is 1. The van der Waals surface area contributed by atoms with Gasteiger partial charge in [0.05, 0.1) is 38.6 Å². The molecule has 0 bridgehead atoms. The Hall–Kier alpha value is -1.88. The minimum absolute atomic E-state index is 0.425. The van der Waals surface area contributed by atoms with Crippen LogP contribution >= 0.6 is 0 Å². The second-order valence-corrected chi connectivity index (χ2v) is 5.47. The lowest BCUT2D eigenvalue weighted by Crippen LogP contribution is -2.28. The maximum atomic E-state index is 10.1. The zero-order valence-electron chi connectivity index (χ0n) is 13.3. The van der Waals surface area contributed by atoms with Crippen LogP contribution in [0.1, 0.15) is 38.0 Å². The van der Waals surface area contributed by atoms with Crippen molar-refractivity contribution in [3.05, 3.63) is 17.2 Å². The van der Waals surface area contributed by atoms with Crippen LogP contribution in [-0.4, -0.2) is 32.0 Å². The van der Waals surface area contributed by atoms with Crippen molar-refractivity contribution in [1.29, 1.82) is 0 Å². The molecule has 5 heteroatoms. The molecule has 21 heavy (non-hydrogen) atoms. The minimum atomic E-state index is -0.766. The Labute approximate surface area is 125 Å². The number of fused-ring (bicyclic) bond motifs is 1. The second-order valence-electron chi connectivity index (χ2n) is 5.47. The summed E-state index contributed by atoms with van der Waals surface area (Å²) in [6.07, 6.45) is 3.10. The minimum Gasteiger partial charge on any atom is -0.495 e. The van der Waals surface area contributed by atoms with Gasteiger partial charge >= 0.3 is 0 Å². The topological polar surface area (TPSA) is 57.2 Å². The molecular weight excluding hydrogens is 272 g/mol. The summed E-state index contributed by atoms with van der Waals surface area (Å²) in [5.41, 5.74) is 0.830. The number of hydrogen-bond donors (Lipinski definition) is 1. The third kappa shape index (κ3) is 2.53. The Morgan fingerprint density at radius 2 is 1.62 bits per heavy atom. The van der Waals surface area contributed by atoms with E-state index in [4.69, 9.17) is 18.9 Å². The average Bonchev–Trinajstić information content (AvgIpc) is 2.43. The molecule has 1 aliphatic heterocycles. The highest BCUT2D eigenvalue weighted by Gasteiger charge is 2.33. The predicted molar refractivity (Wildman–Crippen MR) is 80.5 cm³/mol. The SMILES string of the molecule is COc1c2c(c(OC)c([C@@H](C)O)c1OC)C=CC(C)(C)O2. The first-order valence-corrected chi connectivity index (χ1v) is 6.78. The van der Waals surface area contributed by atoms with E-state index in [0.717, 1.165) is 5.56 Å². The van der Waals surface area contributed by atoms with Crippen LogP contribution in [0.2, 0.25) is 0 Å². The largest absolute Gasteiger partial charge is 0.495 e. The first-order valence-electron chi connectivity index (χ1n) is 6.78. The van der Waals surface area contributed by atoms with Crippen LogP contribution in [-0.2, 0) is 0 Å². The van der Waals surface area contributed by atoms with Crippen molar-refractivity contribution >= 4 is 6.08 Å². The van der Waals surface area contributed by atoms with Crippen molar-refractivity contribution in [1.82, 2.24) is 0 Å². The molecule has 0 saturated heterocycles. The molecule has 0 saturated carbocycles. The van der Waals surface area contributed by atoms with Gasteiger partial charge in [0.25, 0.3) is 0 Å². The van der Waals surface area contributed by atoms with E-state index in [-0.39, 0.29) is 0 Å². The molecule has 1 atom stereocenters. The molecule has 1 N–H and O–H groups in total. The fourth-order valence-electron chi connectivity index (χ4n) is 2.52. The quantitative estimate of drug-likeness (QED) is 0.925. The van der Waals surface area contributed by atoms with Crippen LogP contribution in [0.4, 0.5) is 0 Å². The zero-order valence-corrected chi connectivity index (χ0v) is 13.3. The van der Waals surface area contributed by atoms with Gasteiger partial charge in [0.15, 0.2) is 11.5 Å². The Balaban J connectivity index is 2.84. The molecule has 0 aliphatic carbocycles. The lowest BCUT2D eigenvalue weighted by molar-refractivity contribution is 0.147. The number of hydrogen-bond acceptors (Lipinski definition) is 5. The third-order valence-corrected chi connectivity index (χ3v) is 3.44. The van der Waals surface area contributed by atoms with Crippen LogP contribution in [0.15, 0.2) is 6.08 Å². The van der Waals surface area contributed by atoms with Crippen LogP contribution in [0.3, 0.4) is 0 Å².